The van der Waals surface area contributed by atoms with Crippen LogP contribution in [0.2, 0.25) is 10.0 Å². The molecule has 0 unspecified atom stereocenters. The van der Waals surface area contributed by atoms with Gasteiger partial charge in [0.25, 0.3) is 0 Å². The maximum Gasteiger partial charge on any atom is 0.238 e. The van der Waals surface area contributed by atoms with Gasteiger partial charge in [0.15, 0.2) is 5.82 Å². The number of nitrogens with zero attached hydrogens (tertiary/aromatic N) is 3. The number of aromatic nitrogens is 3. The average molecular weight is 409 g/mol. The van der Waals surface area contributed by atoms with Crippen LogP contribution in [0.4, 0.5) is 11.5 Å². The van der Waals surface area contributed by atoms with Crippen molar-refractivity contribution in [2.75, 3.05) is 4.90 Å². The molecule has 0 atom stereocenters. The monoisotopic (exact) mass is 408 g/mol. The summed E-state index contributed by atoms with van der Waals surface area (Å²) in [6, 6.07) is 13.1. The molecule has 5 nitrogen and oxygen atoms in total. The van der Waals surface area contributed by atoms with Crippen LogP contribution in [-0.4, -0.2) is 20.9 Å². The van der Waals surface area contributed by atoms with Gasteiger partial charge in [0.2, 0.25) is 5.91 Å². The van der Waals surface area contributed by atoms with Gasteiger partial charge in [-0.15, -0.1) is 0 Å². The number of aryl methyl sites for hydroxylation is 1. The number of hydrogen-bond acceptors (Lipinski definition) is 3. The van der Waals surface area contributed by atoms with Crippen LogP contribution in [0.1, 0.15) is 11.4 Å². The molecule has 4 aromatic rings. The fourth-order valence-corrected chi connectivity index (χ4v) is 4.09. The predicted octanol–water partition coefficient (Wildman–Crippen LogP) is 5.46. The van der Waals surface area contributed by atoms with Crippen molar-refractivity contribution in [1.29, 1.82) is 0 Å². The summed E-state index contributed by atoms with van der Waals surface area (Å²) in [6.45, 7) is 2.00. The highest BCUT2D eigenvalue weighted by atomic mass is 35.5. The number of amides is 1. The van der Waals surface area contributed by atoms with E-state index in [1.165, 1.54) is 0 Å². The van der Waals surface area contributed by atoms with Gasteiger partial charge in [-0.2, -0.15) is 0 Å². The lowest BCUT2D eigenvalue weighted by Crippen LogP contribution is -2.21. The number of nitrogens with one attached hydrogen (secondary N) is 1. The molecule has 0 bridgehead atoms. The number of fused-ring (bicyclic) bond motifs is 2. The van der Waals surface area contributed by atoms with Gasteiger partial charge in [0.05, 0.1) is 29.7 Å². The quantitative estimate of drug-likeness (QED) is 0.478. The molecule has 0 saturated heterocycles. The summed E-state index contributed by atoms with van der Waals surface area (Å²) >= 11 is 12.2. The second-order valence-corrected chi connectivity index (χ2v) is 7.69. The van der Waals surface area contributed by atoms with Gasteiger partial charge >= 0.3 is 0 Å². The molecule has 0 aliphatic carbocycles. The second kappa shape index (κ2) is 6.33. The van der Waals surface area contributed by atoms with E-state index in [2.05, 4.69) is 16.0 Å². The Hall–Kier alpha value is -2.89. The van der Waals surface area contributed by atoms with E-state index < -0.39 is 0 Å². The van der Waals surface area contributed by atoms with Crippen molar-refractivity contribution in [3.8, 4) is 11.3 Å². The van der Waals surface area contributed by atoms with E-state index in [0.29, 0.717) is 27.3 Å². The second-order valence-electron chi connectivity index (χ2n) is 6.81. The molecular weight excluding hydrogens is 395 g/mol. The summed E-state index contributed by atoms with van der Waals surface area (Å²) in [5, 5.41) is 2.08. The van der Waals surface area contributed by atoms with Gasteiger partial charge in [-0.25, -0.2) is 4.98 Å². The Kier molecular flexibility index (Phi) is 3.89. The number of carbonyl (C=O) groups excluding carboxylic acids is 1. The van der Waals surface area contributed by atoms with Crippen LogP contribution in [0.3, 0.4) is 0 Å². The summed E-state index contributed by atoms with van der Waals surface area (Å²) < 4.78 is 0. The van der Waals surface area contributed by atoms with Gasteiger partial charge in [-0.05, 0) is 49.4 Å². The third-order valence-corrected chi connectivity index (χ3v) is 5.20. The van der Waals surface area contributed by atoms with Crippen LogP contribution in [-0.2, 0) is 11.2 Å². The molecule has 2 aromatic heterocycles. The number of halogens is 2. The Labute approximate surface area is 170 Å². The van der Waals surface area contributed by atoms with Crippen LogP contribution in [0.5, 0.6) is 0 Å². The number of benzene rings is 2. The summed E-state index contributed by atoms with van der Waals surface area (Å²) in [6.07, 6.45) is 1.87. The lowest BCUT2D eigenvalue weighted by molar-refractivity contribution is -0.116. The molecule has 2 aromatic carbocycles. The minimum Gasteiger partial charge on any atom is -0.359 e. The predicted molar refractivity (Wildman–Crippen MR) is 111 cm³/mol. The number of hydrogen-bond donors (Lipinski definition) is 1. The topological polar surface area (TPSA) is 61.9 Å². The van der Waals surface area contributed by atoms with Crippen LogP contribution >= 0.6 is 23.2 Å². The number of carbonyl (C=O) groups is 1. The van der Waals surface area contributed by atoms with E-state index in [9.17, 15) is 4.79 Å². The molecular formula is C21H14Cl2N4O. The van der Waals surface area contributed by atoms with E-state index in [0.717, 1.165) is 27.8 Å². The van der Waals surface area contributed by atoms with Crippen molar-refractivity contribution in [2.45, 2.75) is 13.3 Å². The molecule has 3 heterocycles. The average Bonchev–Trinajstić information content (AvgIpc) is 3.17. The van der Waals surface area contributed by atoms with Gasteiger partial charge in [-0.3, -0.25) is 14.7 Å². The zero-order valence-corrected chi connectivity index (χ0v) is 16.3. The van der Waals surface area contributed by atoms with Crippen LogP contribution in [0.25, 0.3) is 22.2 Å². The van der Waals surface area contributed by atoms with Crippen LogP contribution < -0.4 is 4.90 Å². The minimum absolute atomic E-state index is 0.0529. The van der Waals surface area contributed by atoms with Gasteiger partial charge < -0.3 is 4.98 Å². The number of aromatic amines is 1. The smallest absolute Gasteiger partial charge is 0.238 e. The highest BCUT2D eigenvalue weighted by Crippen LogP contribution is 2.36. The van der Waals surface area contributed by atoms with Crippen molar-refractivity contribution >= 4 is 51.5 Å². The largest absolute Gasteiger partial charge is 0.359 e. The maximum absolute atomic E-state index is 12.7. The highest BCUT2D eigenvalue weighted by Gasteiger charge is 2.32. The van der Waals surface area contributed by atoms with E-state index in [-0.39, 0.29) is 12.3 Å². The summed E-state index contributed by atoms with van der Waals surface area (Å²) in [5.41, 5.74) is 4.89. The van der Waals surface area contributed by atoms with E-state index >= 15 is 0 Å². The van der Waals surface area contributed by atoms with Crippen molar-refractivity contribution < 1.29 is 4.79 Å². The van der Waals surface area contributed by atoms with Gasteiger partial charge in [-0.1, -0.05) is 23.2 Å². The zero-order chi connectivity index (χ0) is 19.4. The Morgan fingerprint density at radius 1 is 1.07 bits per heavy atom. The molecule has 1 N–H and O–H groups in total. The molecule has 7 heteroatoms. The van der Waals surface area contributed by atoms with Crippen molar-refractivity contribution in [2.24, 2.45) is 0 Å². The molecule has 5 rings (SSSR count). The number of H-pyrrole nitrogens is 1. The first-order valence-electron chi connectivity index (χ1n) is 8.73. The Morgan fingerprint density at radius 3 is 2.64 bits per heavy atom. The Morgan fingerprint density at radius 2 is 1.86 bits per heavy atom. The standard InChI is InChI=1S/C21H14Cl2N4O/c1-11-4-12-7-16(2-3-17(12)25-11)27-20(28)9-18-21(27)26-19(10-24-18)13-5-14(22)8-15(23)6-13/h2-8,10,25H,9H2,1H3. The molecule has 0 spiro atoms. The molecule has 1 aliphatic rings. The molecule has 138 valence electrons. The number of anilines is 2. The fraction of sp³-hybridized carbons (Fsp3) is 0.0952. The third kappa shape index (κ3) is 2.84. The number of rotatable bonds is 2. The lowest BCUT2D eigenvalue weighted by atomic mass is 10.1. The van der Waals surface area contributed by atoms with Crippen molar-refractivity contribution in [3.63, 3.8) is 0 Å². The third-order valence-electron chi connectivity index (χ3n) is 4.76. The first-order valence-corrected chi connectivity index (χ1v) is 9.48. The molecule has 1 aliphatic heterocycles. The maximum atomic E-state index is 12.7. The molecule has 0 fully saturated rings. The summed E-state index contributed by atoms with van der Waals surface area (Å²) in [7, 11) is 0. The normalized spacial score (nSPS) is 13.4. The van der Waals surface area contributed by atoms with E-state index in [4.69, 9.17) is 28.2 Å². The van der Waals surface area contributed by atoms with E-state index in [1.807, 2.05) is 25.1 Å². The molecule has 0 saturated carbocycles. The Bertz CT molecular complexity index is 1240. The van der Waals surface area contributed by atoms with E-state index in [1.54, 1.807) is 29.3 Å². The van der Waals surface area contributed by atoms with Crippen LogP contribution in [0.15, 0.2) is 48.7 Å². The van der Waals surface area contributed by atoms with Crippen molar-refractivity contribution in [3.05, 3.63) is 70.1 Å². The summed E-state index contributed by atoms with van der Waals surface area (Å²) in [4.78, 5) is 26.8. The molecule has 0 radical (unpaired) electrons. The minimum atomic E-state index is -0.0529. The van der Waals surface area contributed by atoms with Gasteiger partial charge in [0.1, 0.15) is 0 Å². The lowest BCUT2D eigenvalue weighted by Gasteiger charge is -2.17. The fourth-order valence-electron chi connectivity index (χ4n) is 3.56. The Balaban J connectivity index is 1.63. The van der Waals surface area contributed by atoms with Gasteiger partial charge in [0, 0.05) is 32.2 Å². The SMILES string of the molecule is Cc1cc2cc(N3C(=O)Cc4ncc(-c5cc(Cl)cc(Cl)c5)nc43)ccc2[nH]1. The first-order chi connectivity index (χ1) is 13.5. The highest BCUT2D eigenvalue weighted by molar-refractivity contribution is 6.35. The molecule has 1 amide bonds. The molecule has 28 heavy (non-hydrogen) atoms. The van der Waals surface area contributed by atoms with Crippen molar-refractivity contribution in [1.82, 2.24) is 15.0 Å². The first kappa shape index (κ1) is 17.2. The summed E-state index contributed by atoms with van der Waals surface area (Å²) in [5.74, 6) is 0.494. The zero-order valence-electron chi connectivity index (χ0n) is 14.8. The van der Waals surface area contributed by atoms with Crippen LogP contribution in [0, 0.1) is 6.92 Å².